The van der Waals surface area contributed by atoms with Gasteiger partial charge >= 0.3 is 6.03 Å². The molecule has 3 heterocycles. The average Bonchev–Trinajstić information content (AvgIpc) is 2.87. The topological polar surface area (TPSA) is 79.0 Å². The van der Waals surface area contributed by atoms with Crippen LogP contribution in [-0.2, 0) is 15.1 Å². The number of nitrogens with one attached hydrogen (secondary N) is 1. The number of hydrogen-bond acceptors (Lipinski definition) is 4. The van der Waals surface area contributed by atoms with E-state index >= 15 is 0 Å². The smallest absolute Gasteiger partial charge is 0.325 e. The van der Waals surface area contributed by atoms with Crippen molar-refractivity contribution in [2.45, 2.75) is 31.7 Å². The molecule has 1 aromatic carbocycles. The minimum atomic E-state index is -1.12. The van der Waals surface area contributed by atoms with Crippen LogP contribution in [0.15, 0.2) is 24.3 Å². The van der Waals surface area contributed by atoms with Gasteiger partial charge < -0.3 is 15.0 Å². The SMILES string of the molecule is C[C@@H]1CCCN(C(=O)CN2C(=O)N[C@@]3(CCOc4ccccc43)C2=O)C1. The van der Waals surface area contributed by atoms with Gasteiger partial charge in [0.25, 0.3) is 5.91 Å². The van der Waals surface area contributed by atoms with Crippen LogP contribution in [0.2, 0.25) is 0 Å². The first kappa shape index (κ1) is 16.9. The van der Waals surface area contributed by atoms with Crippen molar-refractivity contribution in [2.24, 2.45) is 5.92 Å². The van der Waals surface area contributed by atoms with Crippen molar-refractivity contribution in [2.75, 3.05) is 26.2 Å². The number of imide groups is 1. The van der Waals surface area contributed by atoms with Crippen LogP contribution in [0, 0.1) is 5.92 Å². The van der Waals surface area contributed by atoms with E-state index in [1.165, 1.54) is 0 Å². The van der Waals surface area contributed by atoms with E-state index in [1.54, 1.807) is 17.0 Å². The van der Waals surface area contributed by atoms with Crippen LogP contribution in [0.4, 0.5) is 4.79 Å². The van der Waals surface area contributed by atoms with Crippen LogP contribution < -0.4 is 10.1 Å². The molecule has 0 aromatic heterocycles. The van der Waals surface area contributed by atoms with E-state index in [2.05, 4.69) is 12.2 Å². The zero-order chi connectivity index (χ0) is 18.3. The highest BCUT2D eigenvalue weighted by Gasteiger charge is 2.55. The van der Waals surface area contributed by atoms with Crippen molar-refractivity contribution >= 4 is 17.8 Å². The maximum absolute atomic E-state index is 13.2. The zero-order valence-electron chi connectivity index (χ0n) is 14.9. The van der Waals surface area contributed by atoms with Gasteiger partial charge in [0.15, 0.2) is 5.54 Å². The normalized spacial score (nSPS) is 28.0. The number of carbonyl (C=O) groups excluding carboxylic acids is 3. The molecule has 3 aliphatic heterocycles. The summed E-state index contributed by atoms with van der Waals surface area (Å²) < 4.78 is 5.62. The first-order chi connectivity index (χ1) is 12.5. The van der Waals surface area contributed by atoms with E-state index in [4.69, 9.17) is 4.74 Å². The molecule has 0 radical (unpaired) electrons. The zero-order valence-corrected chi connectivity index (χ0v) is 14.9. The van der Waals surface area contributed by atoms with Gasteiger partial charge in [0.2, 0.25) is 5.91 Å². The lowest BCUT2D eigenvalue weighted by molar-refractivity contribution is -0.140. The van der Waals surface area contributed by atoms with Gasteiger partial charge in [0.1, 0.15) is 12.3 Å². The minimum Gasteiger partial charge on any atom is -0.493 e. The molecule has 7 nitrogen and oxygen atoms in total. The first-order valence-electron chi connectivity index (χ1n) is 9.15. The summed E-state index contributed by atoms with van der Waals surface area (Å²) >= 11 is 0. The molecule has 138 valence electrons. The van der Waals surface area contributed by atoms with Crippen molar-refractivity contribution in [3.05, 3.63) is 29.8 Å². The maximum atomic E-state index is 13.2. The van der Waals surface area contributed by atoms with Crippen molar-refractivity contribution in [3.8, 4) is 5.75 Å². The van der Waals surface area contributed by atoms with Crippen LogP contribution in [0.25, 0.3) is 0 Å². The van der Waals surface area contributed by atoms with Crippen LogP contribution >= 0.6 is 0 Å². The van der Waals surface area contributed by atoms with E-state index in [0.29, 0.717) is 43.3 Å². The fourth-order valence-electron chi connectivity index (χ4n) is 4.17. The molecule has 2 fully saturated rings. The Morgan fingerprint density at radius 1 is 1.35 bits per heavy atom. The van der Waals surface area contributed by atoms with Crippen LogP contribution in [0.3, 0.4) is 0 Å². The van der Waals surface area contributed by atoms with Crippen molar-refractivity contribution in [1.82, 2.24) is 15.1 Å². The Morgan fingerprint density at radius 2 is 2.15 bits per heavy atom. The second kappa shape index (κ2) is 6.30. The molecule has 2 atom stereocenters. The van der Waals surface area contributed by atoms with Gasteiger partial charge in [-0.25, -0.2) is 4.79 Å². The lowest BCUT2D eigenvalue weighted by Gasteiger charge is -2.33. The molecule has 0 saturated carbocycles. The molecular weight excluding hydrogens is 334 g/mol. The Bertz CT molecular complexity index is 765. The summed E-state index contributed by atoms with van der Waals surface area (Å²) in [5.41, 5.74) is -0.465. The number of ether oxygens (including phenoxy) is 1. The number of nitrogens with zero attached hydrogens (tertiary/aromatic N) is 2. The molecule has 2 saturated heterocycles. The van der Waals surface area contributed by atoms with Gasteiger partial charge in [0.05, 0.1) is 6.61 Å². The second-order valence-electron chi connectivity index (χ2n) is 7.41. The average molecular weight is 357 g/mol. The summed E-state index contributed by atoms with van der Waals surface area (Å²) in [5, 5.41) is 2.83. The Labute approximate surface area is 152 Å². The summed E-state index contributed by atoms with van der Waals surface area (Å²) in [4.78, 5) is 41.1. The molecule has 7 heteroatoms. The van der Waals surface area contributed by atoms with Gasteiger partial charge in [-0.3, -0.25) is 14.5 Å². The van der Waals surface area contributed by atoms with Gasteiger partial charge in [-0.2, -0.15) is 0 Å². The molecule has 0 aliphatic carbocycles. The monoisotopic (exact) mass is 357 g/mol. The van der Waals surface area contributed by atoms with Crippen LogP contribution in [-0.4, -0.2) is 53.9 Å². The number of carbonyl (C=O) groups is 3. The van der Waals surface area contributed by atoms with Crippen molar-refractivity contribution in [3.63, 3.8) is 0 Å². The number of rotatable bonds is 2. The Morgan fingerprint density at radius 3 is 2.96 bits per heavy atom. The van der Waals surface area contributed by atoms with Gasteiger partial charge in [-0.1, -0.05) is 25.1 Å². The van der Waals surface area contributed by atoms with Crippen LogP contribution in [0.1, 0.15) is 31.7 Å². The summed E-state index contributed by atoms with van der Waals surface area (Å²) in [5.74, 6) is 0.518. The predicted molar refractivity (Wildman–Crippen MR) is 93.5 cm³/mol. The van der Waals surface area contributed by atoms with Crippen LogP contribution in [0.5, 0.6) is 5.75 Å². The molecule has 26 heavy (non-hydrogen) atoms. The first-order valence-corrected chi connectivity index (χ1v) is 9.15. The number of fused-ring (bicyclic) bond motifs is 2. The number of benzene rings is 1. The summed E-state index contributed by atoms with van der Waals surface area (Å²) in [6.45, 7) is 3.62. The summed E-state index contributed by atoms with van der Waals surface area (Å²) in [6.07, 6.45) is 2.43. The van der Waals surface area contributed by atoms with Crippen molar-refractivity contribution in [1.29, 1.82) is 0 Å². The highest BCUT2D eigenvalue weighted by atomic mass is 16.5. The molecular formula is C19H23N3O4. The van der Waals surface area contributed by atoms with E-state index < -0.39 is 11.6 Å². The third kappa shape index (κ3) is 2.62. The molecule has 0 bridgehead atoms. The number of urea groups is 1. The minimum absolute atomic E-state index is 0.169. The molecule has 4 amide bonds. The second-order valence-corrected chi connectivity index (χ2v) is 7.41. The largest absolute Gasteiger partial charge is 0.493 e. The molecule has 1 aromatic rings. The molecule has 1 spiro atoms. The molecule has 1 N–H and O–H groups in total. The fraction of sp³-hybridized carbons (Fsp3) is 0.526. The van der Waals surface area contributed by atoms with E-state index in [1.807, 2.05) is 12.1 Å². The molecule has 4 rings (SSSR count). The van der Waals surface area contributed by atoms with Gasteiger partial charge in [0, 0.05) is 25.1 Å². The number of amides is 4. The van der Waals surface area contributed by atoms with Crippen molar-refractivity contribution < 1.29 is 19.1 Å². The number of para-hydroxylation sites is 1. The lowest BCUT2D eigenvalue weighted by atomic mass is 9.84. The fourth-order valence-corrected chi connectivity index (χ4v) is 4.17. The summed E-state index contributed by atoms with van der Waals surface area (Å²) in [7, 11) is 0. The Balaban J connectivity index is 1.56. The maximum Gasteiger partial charge on any atom is 0.325 e. The van der Waals surface area contributed by atoms with Gasteiger partial charge in [-0.05, 0) is 24.8 Å². The third-order valence-electron chi connectivity index (χ3n) is 5.56. The van der Waals surface area contributed by atoms with Gasteiger partial charge in [-0.15, -0.1) is 0 Å². The number of hydrogen-bond donors (Lipinski definition) is 1. The predicted octanol–water partition coefficient (Wildman–Crippen LogP) is 1.47. The Kier molecular flexibility index (Phi) is 4.09. The number of piperidine rings is 1. The van der Waals surface area contributed by atoms with E-state index in [0.717, 1.165) is 17.7 Å². The molecule has 3 aliphatic rings. The summed E-state index contributed by atoms with van der Waals surface area (Å²) in [6, 6.07) is 6.73. The van der Waals surface area contributed by atoms with E-state index in [-0.39, 0.29) is 18.4 Å². The highest BCUT2D eigenvalue weighted by Crippen LogP contribution is 2.40. The molecule has 0 unspecified atom stereocenters. The third-order valence-corrected chi connectivity index (χ3v) is 5.56. The number of likely N-dealkylation sites (tertiary alicyclic amines) is 1. The lowest BCUT2D eigenvalue weighted by Crippen LogP contribution is -2.49. The quantitative estimate of drug-likeness (QED) is 0.813. The Hall–Kier alpha value is -2.57. The van der Waals surface area contributed by atoms with E-state index in [9.17, 15) is 14.4 Å². The highest BCUT2D eigenvalue weighted by molar-refractivity contribution is 6.09. The standard InChI is InChI=1S/C19H23N3O4/c1-13-5-4-9-21(11-13)16(23)12-22-17(24)19(20-18(22)25)8-10-26-15-7-3-2-6-14(15)19/h2-3,6-7,13H,4-5,8-12H2,1H3,(H,20,25)/t13-,19-/m1/s1.